The zero-order valence-corrected chi connectivity index (χ0v) is 27.4. The quantitative estimate of drug-likeness (QED) is 0.113. The fraction of sp³-hybridized carbons (Fsp3) is 0.0213. The van der Waals surface area contributed by atoms with Crippen LogP contribution in [0, 0.1) is 6.92 Å². The summed E-state index contributed by atoms with van der Waals surface area (Å²) < 4.78 is 0. The maximum atomic E-state index is 5.01. The van der Waals surface area contributed by atoms with E-state index in [1.165, 1.54) is 104 Å². The van der Waals surface area contributed by atoms with Crippen LogP contribution in [0.1, 0.15) is 5.56 Å². The van der Waals surface area contributed by atoms with Gasteiger partial charge in [0.2, 0.25) is 0 Å². The van der Waals surface area contributed by atoms with Crippen molar-refractivity contribution >= 4 is 77.3 Å². The third-order valence-corrected chi connectivity index (χ3v) is 10.9. The Kier molecular flexibility index (Phi) is 5.98. The van der Waals surface area contributed by atoms with Crippen molar-refractivity contribution in [3.63, 3.8) is 0 Å². The summed E-state index contributed by atoms with van der Waals surface area (Å²) in [5.74, 6) is 0. The monoisotopic (exact) mass is 626 g/mol. The second kappa shape index (κ2) is 10.4. The highest BCUT2D eigenvalue weighted by molar-refractivity contribution is 7.80. The molecule has 48 heavy (non-hydrogen) atoms. The van der Waals surface area contributed by atoms with Gasteiger partial charge in [-0.1, -0.05) is 140 Å². The van der Waals surface area contributed by atoms with Crippen LogP contribution in [0.3, 0.4) is 0 Å². The molecule has 0 amide bonds. The zero-order valence-electron chi connectivity index (χ0n) is 26.5. The van der Waals surface area contributed by atoms with E-state index in [1.54, 1.807) is 0 Å². The molecule has 0 radical (unpaired) electrons. The summed E-state index contributed by atoms with van der Waals surface area (Å²) in [6.07, 6.45) is 0. The largest absolute Gasteiger partial charge is 0.142 e. The summed E-state index contributed by atoms with van der Waals surface area (Å²) in [6.45, 7) is 2.19. The number of aryl methyl sites for hydroxylation is 1. The summed E-state index contributed by atoms with van der Waals surface area (Å²) in [5, 5.41) is 15.7. The molecule has 0 aliphatic rings. The molecule has 224 valence electrons. The van der Waals surface area contributed by atoms with Crippen LogP contribution in [-0.2, 0) is 0 Å². The van der Waals surface area contributed by atoms with Gasteiger partial charge in [-0.2, -0.15) is 0 Å². The standard InChI is InChI=1S/C47H30S/c1-28-19-20-32(26-43(28)42-24-21-29-9-2-3-12-34(29)47(42)48)30-10-6-11-31(25-30)33-22-23-37-40-17-7-15-38-35-13-4-5-14-36(35)39-16-8-18-41(44(37)27-33)46(39)45(38)40/h2-27,48H,1H3. The van der Waals surface area contributed by atoms with Crippen LogP contribution in [0.4, 0.5) is 0 Å². The van der Waals surface area contributed by atoms with Crippen LogP contribution < -0.4 is 0 Å². The van der Waals surface area contributed by atoms with E-state index < -0.39 is 0 Å². The van der Waals surface area contributed by atoms with Gasteiger partial charge in [0.05, 0.1) is 0 Å². The molecule has 10 aromatic carbocycles. The molecular formula is C47H30S. The Bertz CT molecular complexity index is 2910. The molecule has 0 saturated carbocycles. The topological polar surface area (TPSA) is 0 Å². The molecule has 1 heteroatoms. The molecule has 0 heterocycles. The van der Waals surface area contributed by atoms with Gasteiger partial charge >= 0.3 is 0 Å². The van der Waals surface area contributed by atoms with Gasteiger partial charge in [-0.3, -0.25) is 0 Å². The minimum Gasteiger partial charge on any atom is -0.142 e. The van der Waals surface area contributed by atoms with Crippen molar-refractivity contribution in [1.82, 2.24) is 0 Å². The maximum absolute atomic E-state index is 5.01. The van der Waals surface area contributed by atoms with Crippen molar-refractivity contribution in [3.8, 4) is 33.4 Å². The van der Waals surface area contributed by atoms with E-state index in [-0.39, 0.29) is 0 Å². The molecule has 0 aromatic heterocycles. The molecule has 0 aliphatic carbocycles. The zero-order chi connectivity index (χ0) is 31.9. The second-order valence-corrected chi connectivity index (χ2v) is 13.5. The normalized spacial score (nSPS) is 12.0. The molecule has 10 aromatic rings. The van der Waals surface area contributed by atoms with Crippen molar-refractivity contribution in [2.24, 2.45) is 0 Å². The third-order valence-electron chi connectivity index (χ3n) is 10.4. The van der Waals surface area contributed by atoms with Gasteiger partial charge in [-0.15, -0.1) is 12.6 Å². The fourth-order valence-electron chi connectivity index (χ4n) is 8.12. The van der Waals surface area contributed by atoms with Crippen LogP contribution >= 0.6 is 12.6 Å². The lowest BCUT2D eigenvalue weighted by molar-refractivity contribution is 1.42. The summed E-state index contributed by atoms with van der Waals surface area (Å²) in [5.41, 5.74) is 8.48. The molecule has 0 N–H and O–H groups in total. The van der Waals surface area contributed by atoms with Crippen molar-refractivity contribution in [2.45, 2.75) is 11.8 Å². The van der Waals surface area contributed by atoms with E-state index in [4.69, 9.17) is 12.6 Å². The highest BCUT2D eigenvalue weighted by atomic mass is 32.1. The van der Waals surface area contributed by atoms with E-state index in [0.717, 1.165) is 4.90 Å². The van der Waals surface area contributed by atoms with E-state index in [9.17, 15) is 0 Å². The summed E-state index contributed by atoms with van der Waals surface area (Å²) >= 11 is 5.01. The summed E-state index contributed by atoms with van der Waals surface area (Å²) in [4.78, 5) is 1.02. The molecule has 0 nitrogen and oxygen atoms in total. The van der Waals surface area contributed by atoms with Crippen LogP contribution in [0.15, 0.2) is 163 Å². The van der Waals surface area contributed by atoms with Gasteiger partial charge in [0.25, 0.3) is 0 Å². The first kappa shape index (κ1) is 27.5. The fourth-order valence-corrected chi connectivity index (χ4v) is 8.52. The lowest BCUT2D eigenvalue weighted by atomic mass is 9.85. The van der Waals surface area contributed by atoms with Gasteiger partial charge in [-0.25, -0.2) is 0 Å². The predicted octanol–water partition coefficient (Wildman–Crippen LogP) is 13.6. The molecule has 0 saturated heterocycles. The molecular weight excluding hydrogens is 597 g/mol. The lowest BCUT2D eigenvalue weighted by Gasteiger charge is -2.18. The van der Waals surface area contributed by atoms with Crippen molar-refractivity contribution in [1.29, 1.82) is 0 Å². The Labute approximate surface area is 284 Å². The molecule has 0 spiro atoms. The minimum atomic E-state index is 1.02. The molecule has 0 aliphatic heterocycles. The van der Waals surface area contributed by atoms with Gasteiger partial charge in [0.15, 0.2) is 0 Å². The smallest absolute Gasteiger partial charge is 0.0197 e. The van der Waals surface area contributed by atoms with E-state index >= 15 is 0 Å². The number of hydrogen-bond acceptors (Lipinski definition) is 1. The van der Waals surface area contributed by atoms with Gasteiger partial charge < -0.3 is 0 Å². The maximum Gasteiger partial charge on any atom is 0.0197 e. The second-order valence-electron chi connectivity index (χ2n) is 13.1. The Balaban J connectivity index is 1.14. The van der Waals surface area contributed by atoms with E-state index in [1.807, 2.05) is 0 Å². The molecule has 0 atom stereocenters. The molecule has 0 bridgehead atoms. The first-order valence-corrected chi connectivity index (χ1v) is 17.0. The van der Waals surface area contributed by atoms with Gasteiger partial charge in [0, 0.05) is 4.90 Å². The number of fused-ring (bicyclic) bond motifs is 7. The molecule has 0 unspecified atom stereocenters. The average molecular weight is 627 g/mol. The van der Waals surface area contributed by atoms with E-state index in [2.05, 4.69) is 165 Å². The first-order valence-electron chi connectivity index (χ1n) is 16.6. The van der Waals surface area contributed by atoms with Crippen molar-refractivity contribution < 1.29 is 0 Å². The number of benzene rings is 10. The van der Waals surface area contributed by atoms with Crippen LogP contribution in [0.5, 0.6) is 0 Å². The highest BCUT2D eigenvalue weighted by Gasteiger charge is 2.17. The number of hydrogen-bond donors (Lipinski definition) is 1. The Morgan fingerprint density at radius 2 is 0.833 bits per heavy atom. The lowest BCUT2D eigenvalue weighted by Crippen LogP contribution is -1.90. The Hall–Kier alpha value is -5.63. The van der Waals surface area contributed by atoms with Crippen LogP contribution in [-0.4, -0.2) is 0 Å². The Morgan fingerprint density at radius 3 is 1.52 bits per heavy atom. The first-order chi connectivity index (χ1) is 23.6. The third kappa shape index (κ3) is 3.98. The molecule has 10 rings (SSSR count). The van der Waals surface area contributed by atoms with Crippen molar-refractivity contribution in [3.05, 3.63) is 163 Å². The van der Waals surface area contributed by atoms with Gasteiger partial charge in [-0.05, 0) is 129 Å². The summed E-state index contributed by atoms with van der Waals surface area (Å²) in [6, 6.07) is 58.2. The minimum absolute atomic E-state index is 1.02. The Morgan fingerprint density at radius 1 is 0.333 bits per heavy atom. The average Bonchev–Trinajstić information content (AvgIpc) is 3.15. The SMILES string of the molecule is Cc1ccc(-c2cccc(-c3ccc4c(c3)c3cccc5c6ccccc6c6cccc4c6c53)c2)cc1-c1ccc2ccccc2c1S. The van der Waals surface area contributed by atoms with Crippen LogP contribution in [0.2, 0.25) is 0 Å². The number of rotatable bonds is 3. The number of thiol groups is 1. The summed E-state index contributed by atoms with van der Waals surface area (Å²) in [7, 11) is 0. The highest BCUT2D eigenvalue weighted by Crippen LogP contribution is 2.45. The van der Waals surface area contributed by atoms with Crippen LogP contribution in [0.25, 0.3) is 98.0 Å². The van der Waals surface area contributed by atoms with Crippen molar-refractivity contribution in [2.75, 3.05) is 0 Å². The van der Waals surface area contributed by atoms with E-state index in [0.29, 0.717) is 0 Å². The van der Waals surface area contributed by atoms with Gasteiger partial charge in [0.1, 0.15) is 0 Å². The molecule has 0 fully saturated rings. The predicted molar refractivity (Wildman–Crippen MR) is 211 cm³/mol.